The average molecular weight is 448 g/mol. The summed E-state index contributed by atoms with van der Waals surface area (Å²) in [6.07, 6.45) is 1.82. The lowest BCUT2D eigenvalue weighted by molar-refractivity contribution is -0.127. The third kappa shape index (κ3) is 4.75. The normalized spacial score (nSPS) is 11.2. The van der Waals surface area contributed by atoms with Crippen LogP contribution >= 0.6 is 23.1 Å². The second-order valence-electron chi connectivity index (χ2n) is 7.30. The van der Waals surface area contributed by atoms with Gasteiger partial charge in [0.15, 0.2) is 5.16 Å². The highest BCUT2D eigenvalue weighted by Gasteiger charge is 2.19. The van der Waals surface area contributed by atoms with Gasteiger partial charge in [0.2, 0.25) is 5.91 Å². The maximum Gasteiger partial charge on any atom is 0.263 e. The van der Waals surface area contributed by atoms with E-state index in [1.807, 2.05) is 13.8 Å². The average Bonchev–Trinajstić information content (AvgIpc) is 3.01. The first-order valence-electron chi connectivity index (χ1n) is 9.94. The van der Waals surface area contributed by atoms with Crippen molar-refractivity contribution < 1.29 is 9.18 Å². The molecule has 30 heavy (non-hydrogen) atoms. The van der Waals surface area contributed by atoms with E-state index >= 15 is 0 Å². The zero-order valence-electron chi connectivity index (χ0n) is 17.7. The van der Waals surface area contributed by atoms with Gasteiger partial charge in [-0.1, -0.05) is 43.3 Å². The molecule has 0 aliphatic carbocycles. The number of halogens is 1. The van der Waals surface area contributed by atoms with Crippen molar-refractivity contribution in [3.63, 3.8) is 0 Å². The van der Waals surface area contributed by atoms with Crippen LogP contribution in [0.25, 0.3) is 10.2 Å². The molecule has 0 spiro atoms. The van der Waals surface area contributed by atoms with Gasteiger partial charge in [-0.25, -0.2) is 9.37 Å². The first kappa shape index (κ1) is 22.5. The van der Waals surface area contributed by atoms with Crippen molar-refractivity contribution in [3.8, 4) is 0 Å². The van der Waals surface area contributed by atoms with Crippen LogP contribution in [0.3, 0.4) is 0 Å². The molecule has 0 unspecified atom stereocenters. The Morgan fingerprint density at radius 2 is 2.03 bits per heavy atom. The molecule has 0 bridgehead atoms. The van der Waals surface area contributed by atoms with Crippen molar-refractivity contribution in [1.29, 1.82) is 0 Å². The Labute approximate surface area is 183 Å². The lowest BCUT2D eigenvalue weighted by atomic mass is 10.2. The van der Waals surface area contributed by atoms with Crippen LogP contribution < -0.4 is 5.56 Å². The van der Waals surface area contributed by atoms with E-state index in [0.29, 0.717) is 22.7 Å². The van der Waals surface area contributed by atoms with Crippen LogP contribution in [0, 0.1) is 19.7 Å². The van der Waals surface area contributed by atoms with Gasteiger partial charge in [-0.05, 0) is 31.9 Å². The van der Waals surface area contributed by atoms with Crippen LogP contribution in [0.15, 0.2) is 34.2 Å². The minimum absolute atomic E-state index is 0.0371. The lowest BCUT2D eigenvalue weighted by Gasteiger charge is -2.18. The lowest BCUT2D eigenvalue weighted by Crippen LogP contribution is -2.29. The molecule has 2 heterocycles. The number of unbranched alkanes of at least 4 members (excludes halogenated alkanes) is 1. The highest BCUT2D eigenvalue weighted by atomic mass is 32.2. The van der Waals surface area contributed by atoms with Gasteiger partial charge in [-0.2, -0.15) is 0 Å². The molecule has 0 N–H and O–H groups in total. The monoisotopic (exact) mass is 447 g/mol. The van der Waals surface area contributed by atoms with Gasteiger partial charge in [-0.3, -0.25) is 14.2 Å². The van der Waals surface area contributed by atoms with Crippen molar-refractivity contribution in [3.05, 3.63) is 56.4 Å². The number of thioether (sulfide) groups is 1. The second kappa shape index (κ2) is 9.75. The Bertz CT molecular complexity index is 1120. The Balaban J connectivity index is 1.81. The molecule has 1 amide bonds. The number of benzene rings is 1. The molecular formula is C22H26FN3O2S2. The first-order chi connectivity index (χ1) is 14.3. The number of aryl methyl sites for hydroxylation is 2. The number of thiophene rings is 1. The summed E-state index contributed by atoms with van der Waals surface area (Å²) in [6, 6.07) is 6.44. The number of hydrogen-bond donors (Lipinski definition) is 0. The van der Waals surface area contributed by atoms with Crippen molar-refractivity contribution in [1.82, 2.24) is 14.5 Å². The zero-order chi connectivity index (χ0) is 21.8. The number of rotatable bonds is 8. The summed E-state index contributed by atoms with van der Waals surface area (Å²) in [5, 5.41) is 1.25. The molecule has 3 rings (SSSR count). The fourth-order valence-electron chi connectivity index (χ4n) is 3.14. The van der Waals surface area contributed by atoms with Gasteiger partial charge >= 0.3 is 0 Å². The molecule has 160 valence electrons. The van der Waals surface area contributed by atoms with Gasteiger partial charge in [0, 0.05) is 30.6 Å². The molecule has 5 nitrogen and oxygen atoms in total. The number of carbonyl (C=O) groups is 1. The van der Waals surface area contributed by atoms with Gasteiger partial charge in [0.25, 0.3) is 5.56 Å². The number of hydrogen-bond acceptors (Lipinski definition) is 5. The van der Waals surface area contributed by atoms with Gasteiger partial charge in [0.1, 0.15) is 10.6 Å². The number of fused-ring (bicyclic) bond motifs is 1. The van der Waals surface area contributed by atoms with E-state index in [9.17, 15) is 14.0 Å². The van der Waals surface area contributed by atoms with Gasteiger partial charge in [-0.15, -0.1) is 11.3 Å². The molecule has 0 aliphatic heterocycles. The van der Waals surface area contributed by atoms with E-state index < -0.39 is 0 Å². The molecule has 0 saturated carbocycles. The molecule has 1 aromatic carbocycles. The Morgan fingerprint density at radius 1 is 1.30 bits per heavy atom. The van der Waals surface area contributed by atoms with Crippen LogP contribution in [-0.2, 0) is 17.9 Å². The summed E-state index contributed by atoms with van der Waals surface area (Å²) in [7, 11) is 1.65. The predicted molar refractivity (Wildman–Crippen MR) is 122 cm³/mol. The number of carbonyl (C=O) groups excluding carboxylic acids is 1. The summed E-state index contributed by atoms with van der Waals surface area (Å²) in [5.41, 5.74) is 1.42. The Morgan fingerprint density at radius 3 is 2.73 bits per heavy atom. The van der Waals surface area contributed by atoms with Crippen molar-refractivity contribution >= 4 is 39.2 Å². The maximum absolute atomic E-state index is 13.9. The summed E-state index contributed by atoms with van der Waals surface area (Å²) in [6.45, 7) is 6.80. The number of aromatic nitrogens is 2. The molecule has 3 aromatic rings. The highest BCUT2D eigenvalue weighted by molar-refractivity contribution is 7.99. The topological polar surface area (TPSA) is 55.2 Å². The Kier molecular flexibility index (Phi) is 7.31. The molecule has 2 aromatic heterocycles. The van der Waals surface area contributed by atoms with Crippen LogP contribution in [0.4, 0.5) is 4.39 Å². The van der Waals surface area contributed by atoms with Crippen molar-refractivity contribution in [2.24, 2.45) is 0 Å². The SMILES string of the molecule is CCCCn1c(SCC(=O)N(C)Cc2ccccc2F)nc2sc(C)c(C)c2c1=O. The van der Waals surface area contributed by atoms with E-state index in [2.05, 4.69) is 6.92 Å². The van der Waals surface area contributed by atoms with E-state index in [4.69, 9.17) is 4.98 Å². The largest absolute Gasteiger partial charge is 0.341 e. The highest BCUT2D eigenvalue weighted by Crippen LogP contribution is 2.28. The number of amides is 1. The minimum atomic E-state index is -0.325. The maximum atomic E-state index is 13.9. The fraction of sp³-hybridized carbons (Fsp3) is 0.409. The number of nitrogens with zero attached hydrogens (tertiary/aromatic N) is 3. The molecule has 8 heteroatoms. The molecule has 0 atom stereocenters. The van der Waals surface area contributed by atoms with E-state index in [1.165, 1.54) is 34.1 Å². The quantitative estimate of drug-likeness (QED) is 0.369. The van der Waals surface area contributed by atoms with Crippen LogP contribution in [0.2, 0.25) is 0 Å². The summed E-state index contributed by atoms with van der Waals surface area (Å²) >= 11 is 2.78. The van der Waals surface area contributed by atoms with E-state index in [0.717, 1.165) is 28.1 Å². The first-order valence-corrected chi connectivity index (χ1v) is 11.7. The van der Waals surface area contributed by atoms with Crippen LogP contribution in [-0.4, -0.2) is 33.2 Å². The molecule has 0 radical (unpaired) electrons. The molecule has 0 saturated heterocycles. The molecule has 0 aliphatic rings. The third-order valence-electron chi connectivity index (χ3n) is 5.10. The molecule has 0 fully saturated rings. The van der Waals surface area contributed by atoms with E-state index in [-0.39, 0.29) is 29.6 Å². The standard InChI is InChI=1S/C22H26FN3O2S2/c1-5-6-11-26-21(28)19-14(2)15(3)30-20(19)24-22(26)29-13-18(27)25(4)12-16-9-7-8-10-17(16)23/h7-10H,5-6,11-13H2,1-4H3. The zero-order valence-corrected chi connectivity index (χ0v) is 19.3. The summed E-state index contributed by atoms with van der Waals surface area (Å²) in [4.78, 5) is 33.8. The van der Waals surface area contributed by atoms with Crippen LogP contribution in [0.1, 0.15) is 35.8 Å². The Hall–Kier alpha value is -2.19. The van der Waals surface area contributed by atoms with E-state index in [1.54, 1.807) is 29.8 Å². The third-order valence-corrected chi connectivity index (χ3v) is 7.17. The summed E-state index contributed by atoms with van der Waals surface area (Å²) < 4.78 is 15.6. The molecular weight excluding hydrogens is 421 g/mol. The smallest absolute Gasteiger partial charge is 0.263 e. The van der Waals surface area contributed by atoms with Gasteiger partial charge < -0.3 is 4.90 Å². The second-order valence-corrected chi connectivity index (χ2v) is 9.44. The predicted octanol–water partition coefficient (Wildman–Crippen LogP) is 4.76. The van der Waals surface area contributed by atoms with Crippen molar-refractivity contribution in [2.45, 2.75) is 51.9 Å². The van der Waals surface area contributed by atoms with Gasteiger partial charge in [0.05, 0.1) is 11.1 Å². The van der Waals surface area contributed by atoms with Crippen LogP contribution in [0.5, 0.6) is 0 Å². The van der Waals surface area contributed by atoms with Crippen molar-refractivity contribution in [2.75, 3.05) is 12.8 Å². The summed E-state index contributed by atoms with van der Waals surface area (Å²) in [5.74, 6) is -0.329. The fourth-order valence-corrected chi connectivity index (χ4v) is 5.18. The minimum Gasteiger partial charge on any atom is -0.341 e.